The molecule has 0 aliphatic heterocycles. The van der Waals surface area contributed by atoms with E-state index in [4.69, 9.17) is 5.73 Å². The Kier molecular flexibility index (Phi) is 5.56. The van der Waals surface area contributed by atoms with E-state index in [9.17, 15) is 4.79 Å². The maximum absolute atomic E-state index is 11.3. The van der Waals surface area contributed by atoms with Gasteiger partial charge in [-0.2, -0.15) is 0 Å². The van der Waals surface area contributed by atoms with E-state index < -0.39 is 0 Å². The van der Waals surface area contributed by atoms with Crippen molar-refractivity contribution in [1.29, 1.82) is 0 Å². The fourth-order valence-corrected chi connectivity index (χ4v) is 2.95. The van der Waals surface area contributed by atoms with E-state index in [1.165, 1.54) is 5.56 Å². The van der Waals surface area contributed by atoms with Crippen molar-refractivity contribution in [1.82, 2.24) is 10.2 Å². The zero-order chi connectivity index (χ0) is 14.4. The van der Waals surface area contributed by atoms with Gasteiger partial charge in [-0.3, -0.25) is 9.69 Å². The molecule has 2 rings (SSSR count). The highest BCUT2D eigenvalue weighted by molar-refractivity contribution is 5.78. The van der Waals surface area contributed by atoms with Gasteiger partial charge in [0, 0.05) is 18.6 Å². The number of amides is 1. The number of benzene rings is 1. The van der Waals surface area contributed by atoms with Crippen molar-refractivity contribution in [3.63, 3.8) is 0 Å². The van der Waals surface area contributed by atoms with Crippen LogP contribution in [0.4, 0.5) is 0 Å². The first-order valence-corrected chi connectivity index (χ1v) is 7.42. The summed E-state index contributed by atoms with van der Waals surface area (Å²) in [5.74, 6) is -0.0360. The molecular weight excluding hydrogens is 250 g/mol. The first-order chi connectivity index (χ1) is 9.69. The number of hydrogen-bond acceptors (Lipinski definition) is 3. The number of carbonyl (C=O) groups excluding carboxylic acids is 1. The summed E-state index contributed by atoms with van der Waals surface area (Å²) in [6.07, 6.45) is 4.38. The van der Waals surface area contributed by atoms with Crippen molar-refractivity contribution in [2.24, 2.45) is 5.73 Å². The van der Waals surface area contributed by atoms with Crippen molar-refractivity contribution in [2.75, 3.05) is 13.6 Å². The van der Waals surface area contributed by atoms with Gasteiger partial charge in [0.25, 0.3) is 0 Å². The Morgan fingerprint density at radius 3 is 2.50 bits per heavy atom. The van der Waals surface area contributed by atoms with E-state index >= 15 is 0 Å². The van der Waals surface area contributed by atoms with Crippen molar-refractivity contribution in [2.45, 2.75) is 44.3 Å². The van der Waals surface area contributed by atoms with E-state index in [2.05, 4.69) is 47.6 Å². The highest BCUT2D eigenvalue weighted by Gasteiger charge is 2.24. The molecule has 110 valence electrons. The fourth-order valence-electron chi connectivity index (χ4n) is 2.95. The van der Waals surface area contributed by atoms with Crippen molar-refractivity contribution in [3.8, 4) is 0 Å². The summed E-state index contributed by atoms with van der Waals surface area (Å²) in [5.41, 5.74) is 6.69. The third-order valence-corrected chi connectivity index (χ3v) is 4.15. The zero-order valence-corrected chi connectivity index (χ0v) is 12.2. The predicted molar refractivity (Wildman–Crippen MR) is 81.2 cm³/mol. The van der Waals surface area contributed by atoms with Crippen LogP contribution in [0.25, 0.3) is 0 Å². The second-order valence-corrected chi connectivity index (χ2v) is 5.68. The Morgan fingerprint density at radius 1 is 1.25 bits per heavy atom. The summed E-state index contributed by atoms with van der Waals surface area (Å²) in [4.78, 5) is 13.7. The minimum absolute atomic E-state index is 0.0360. The van der Waals surface area contributed by atoms with E-state index in [1.54, 1.807) is 0 Å². The maximum atomic E-state index is 11.3. The van der Waals surface area contributed by atoms with Gasteiger partial charge in [0.15, 0.2) is 0 Å². The smallest absolute Gasteiger partial charge is 0.233 e. The molecule has 0 heterocycles. The predicted octanol–water partition coefficient (Wildman–Crippen LogP) is 1.50. The minimum Gasteiger partial charge on any atom is -0.352 e. The van der Waals surface area contributed by atoms with Crippen molar-refractivity contribution >= 4 is 5.91 Å². The lowest BCUT2D eigenvalue weighted by Gasteiger charge is -2.35. The number of nitrogens with two attached hydrogens (primary N) is 1. The maximum Gasteiger partial charge on any atom is 0.233 e. The highest BCUT2D eigenvalue weighted by Crippen LogP contribution is 2.23. The van der Waals surface area contributed by atoms with Gasteiger partial charge in [-0.25, -0.2) is 0 Å². The van der Waals surface area contributed by atoms with Crippen LogP contribution >= 0.6 is 0 Å². The molecule has 0 saturated heterocycles. The molecule has 0 spiro atoms. The first-order valence-electron chi connectivity index (χ1n) is 7.42. The molecule has 4 nitrogen and oxygen atoms in total. The Hall–Kier alpha value is -1.39. The van der Waals surface area contributed by atoms with Crippen LogP contribution in [0.5, 0.6) is 0 Å². The van der Waals surface area contributed by atoms with E-state index in [-0.39, 0.29) is 12.5 Å². The SMILES string of the molecule is CN(Cc1ccccc1)C1CCC(NC(=O)CN)CC1. The lowest BCUT2D eigenvalue weighted by molar-refractivity contribution is -0.120. The molecule has 0 atom stereocenters. The van der Waals surface area contributed by atoms with Crippen LogP contribution in [0.15, 0.2) is 30.3 Å². The number of carbonyl (C=O) groups is 1. The first kappa shape index (κ1) is 15.0. The van der Waals surface area contributed by atoms with Crippen LogP contribution in [0, 0.1) is 0 Å². The van der Waals surface area contributed by atoms with Crippen LogP contribution in [0.3, 0.4) is 0 Å². The van der Waals surface area contributed by atoms with Gasteiger partial charge in [0.2, 0.25) is 5.91 Å². The molecule has 4 heteroatoms. The van der Waals surface area contributed by atoms with Crippen LogP contribution in [-0.2, 0) is 11.3 Å². The topological polar surface area (TPSA) is 58.4 Å². The zero-order valence-electron chi connectivity index (χ0n) is 12.2. The number of hydrogen-bond donors (Lipinski definition) is 2. The summed E-state index contributed by atoms with van der Waals surface area (Å²) < 4.78 is 0. The molecule has 1 aromatic carbocycles. The van der Waals surface area contributed by atoms with Crippen LogP contribution in [-0.4, -0.2) is 36.5 Å². The second-order valence-electron chi connectivity index (χ2n) is 5.68. The molecule has 20 heavy (non-hydrogen) atoms. The molecule has 0 unspecified atom stereocenters. The summed E-state index contributed by atoms with van der Waals surface area (Å²) in [6.45, 7) is 1.08. The Bertz CT molecular complexity index is 413. The largest absolute Gasteiger partial charge is 0.352 e. The van der Waals surface area contributed by atoms with E-state index in [1.807, 2.05) is 0 Å². The molecule has 0 bridgehead atoms. The average molecular weight is 275 g/mol. The quantitative estimate of drug-likeness (QED) is 0.856. The van der Waals surface area contributed by atoms with Gasteiger partial charge >= 0.3 is 0 Å². The molecule has 0 aromatic heterocycles. The molecule has 1 fully saturated rings. The molecule has 3 N–H and O–H groups in total. The number of nitrogens with zero attached hydrogens (tertiary/aromatic N) is 1. The summed E-state index contributed by atoms with van der Waals surface area (Å²) in [6, 6.07) is 11.5. The summed E-state index contributed by atoms with van der Waals surface area (Å²) >= 11 is 0. The van der Waals surface area contributed by atoms with E-state index in [0.29, 0.717) is 12.1 Å². The normalized spacial score (nSPS) is 22.8. The minimum atomic E-state index is -0.0360. The molecule has 1 aliphatic carbocycles. The van der Waals surface area contributed by atoms with Gasteiger partial charge in [-0.1, -0.05) is 30.3 Å². The standard InChI is InChI=1S/C16H25N3O/c1-19(12-13-5-3-2-4-6-13)15-9-7-14(8-10-15)18-16(20)11-17/h2-6,14-15H,7-12,17H2,1H3,(H,18,20). The molecule has 1 saturated carbocycles. The van der Waals surface area contributed by atoms with Gasteiger partial charge in [-0.15, -0.1) is 0 Å². The Balaban J connectivity index is 1.77. The van der Waals surface area contributed by atoms with Crippen LogP contribution in [0.1, 0.15) is 31.2 Å². The molecule has 0 radical (unpaired) electrons. The van der Waals surface area contributed by atoms with Crippen LogP contribution < -0.4 is 11.1 Å². The van der Waals surface area contributed by atoms with Gasteiger partial charge in [0.1, 0.15) is 0 Å². The number of nitrogens with one attached hydrogen (secondary N) is 1. The number of rotatable bonds is 5. The summed E-state index contributed by atoms with van der Waals surface area (Å²) in [5, 5.41) is 3.00. The lowest BCUT2D eigenvalue weighted by Crippen LogP contribution is -2.44. The molecule has 1 aromatic rings. The lowest BCUT2D eigenvalue weighted by atomic mass is 9.90. The third kappa shape index (κ3) is 4.32. The molecular formula is C16H25N3O. The Morgan fingerprint density at radius 2 is 1.90 bits per heavy atom. The van der Waals surface area contributed by atoms with Gasteiger partial charge in [-0.05, 0) is 38.3 Å². The van der Waals surface area contributed by atoms with E-state index in [0.717, 1.165) is 32.2 Å². The van der Waals surface area contributed by atoms with Crippen LogP contribution in [0.2, 0.25) is 0 Å². The van der Waals surface area contributed by atoms with Gasteiger partial charge in [0.05, 0.1) is 6.54 Å². The van der Waals surface area contributed by atoms with Gasteiger partial charge < -0.3 is 11.1 Å². The third-order valence-electron chi connectivity index (χ3n) is 4.15. The Labute approximate surface area is 121 Å². The highest BCUT2D eigenvalue weighted by atomic mass is 16.1. The average Bonchev–Trinajstić information content (AvgIpc) is 2.49. The summed E-state index contributed by atoms with van der Waals surface area (Å²) in [7, 11) is 2.19. The van der Waals surface area contributed by atoms with Crippen molar-refractivity contribution < 1.29 is 4.79 Å². The molecule has 1 amide bonds. The second kappa shape index (κ2) is 7.41. The fraction of sp³-hybridized carbons (Fsp3) is 0.562. The monoisotopic (exact) mass is 275 g/mol. The molecule has 1 aliphatic rings. The van der Waals surface area contributed by atoms with Crippen molar-refractivity contribution in [3.05, 3.63) is 35.9 Å².